The van der Waals surface area contributed by atoms with Crippen molar-refractivity contribution in [2.24, 2.45) is 0 Å². The molecule has 0 saturated carbocycles. The lowest BCUT2D eigenvalue weighted by molar-refractivity contribution is -0.134. The number of halogens is 2. The summed E-state index contributed by atoms with van der Waals surface area (Å²) in [5, 5.41) is 2.99. The van der Waals surface area contributed by atoms with Gasteiger partial charge in [0.2, 0.25) is 11.8 Å². The van der Waals surface area contributed by atoms with E-state index >= 15 is 0 Å². The van der Waals surface area contributed by atoms with Gasteiger partial charge >= 0.3 is 0 Å². The van der Waals surface area contributed by atoms with Crippen LogP contribution in [0.3, 0.4) is 0 Å². The Labute approximate surface area is 121 Å². The first-order valence-corrected chi connectivity index (χ1v) is 6.95. The van der Waals surface area contributed by atoms with Gasteiger partial charge in [-0.1, -0.05) is 25.4 Å². The highest BCUT2D eigenvalue weighted by molar-refractivity contribution is 6.31. The number of benzene rings is 1. The maximum Gasteiger partial charge on any atom is 0.250 e. The monoisotopic (exact) mass is 298 g/mol. The van der Waals surface area contributed by atoms with Crippen LogP contribution in [0.4, 0.5) is 10.1 Å². The van der Waals surface area contributed by atoms with Gasteiger partial charge in [-0.25, -0.2) is 4.39 Å². The molecule has 1 aromatic carbocycles. The third-order valence-electron chi connectivity index (χ3n) is 3.43. The molecule has 4 nitrogen and oxygen atoms in total. The molecule has 2 atom stereocenters. The second kappa shape index (κ2) is 5.79. The predicted octanol–water partition coefficient (Wildman–Crippen LogP) is 2.50. The maximum absolute atomic E-state index is 14.0. The fourth-order valence-electron chi connectivity index (χ4n) is 2.37. The van der Waals surface area contributed by atoms with E-state index in [4.69, 9.17) is 11.6 Å². The first kappa shape index (κ1) is 14.8. The van der Waals surface area contributed by atoms with Crippen molar-refractivity contribution in [3.05, 3.63) is 29.0 Å². The molecule has 2 amide bonds. The molecule has 0 bridgehead atoms. The second-order valence-electron chi connectivity index (χ2n) is 4.70. The SMILES string of the molecule is CCC1NC(=O)C(CC)N(c2cc(Cl)ccc2F)C1=O. The van der Waals surface area contributed by atoms with E-state index in [9.17, 15) is 14.0 Å². The minimum Gasteiger partial charge on any atom is -0.342 e. The molecule has 1 aliphatic heterocycles. The first-order chi connectivity index (χ1) is 9.49. The standard InChI is InChI=1S/C14H16ClFN2O2/c1-3-10-14(20)18(11(4-2)13(19)17-10)12-7-8(15)5-6-9(12)16/h5-7,10-11H,3-4H2,1-2H3,(H,17,19). The number of carbonyl (C=O) groups excluding carboxylic acids is 2. The zero-order chi connectivity index (χ0) is 14.9. The van der Waals surface area contributed by atoms with Gasteiger partial charge in [0.15, 0.2) is 0 Å². The van der Waals surface area contributed by atoms with Crippen molar-refractivity contribution in [2.75, 3.05) is 4.90 Å². The van der Waals surface area contributed by atoms with Gasteiger partial charge in [-0.2, -0.15) is 0 Å². The lowest BCUT2D eigenvalue weighted by Crippen LogP contribution is -2.63. The molecule has 0 aliphatic carbocycles. The van der Waals surface area contributed by atoms with Gasteiger partial charge in [0, 0.05) is 5.02 Å². The average Bonchev–Trinajstić information content (AvgIpc) is 2.43. The van der Waals surface area contributed by atoms with Crippen LogP contribution in [0, 0.1) is 5.82 Å². The summed E-state index contributed by atoms with van der Waals surface area (Å²) >= 11 is 5.88. The Morgan fingerprint density at radius 2 is 2.00 bits per heavy atom. The third-order valence-corrected chi connectivity index (χ3v) is 3.66. The molecule has 0 spiro atoms. The number of hydrogen-bond donors (Lipinski definition) is 1. The van der Waals surface area contributed by atoms with Gasteiger partial charge in [0.25, 0.3) is 0 Å². The third kappa shape index (κ3) is 2.50. The molecule has 0 aromatic heterocycles. The molecular weight excluding hydrogens is 283 g/mol. The molecule has 1 aliphatic rings. The van der Waals surface area contributed by atoms with Crippen LogP contribution in [0.25, 0.3) is 0 Å². The van der Waals surface area contributed by atoms with Crippen LogP contribution in [0.2, 0.25) is 5.02 Å². The van der Waals surface area contributed by atoms with Crippen LogP contribution >= 0.6 is 11.6 Å². The Bertz CT molecular complexity index is 550. The molecule has 1 heterocycles. The highest BCUT2D eigenvalue weighted by atomic mass is 35.5. The summed E-state index contributed by atoms with van der Waals surface area (Å²) in [6, 6.07) is 2.66. The van der Waals surface area contributed by atoms with Crippen LogP contribution < -0.4 is 10.2 Å². The summed E-state index contributed by atoms with van der Waals surface area (Å²) in [5.74, 6) is -1.14. The molecule has 108 valence electrons. The predicted molar refractivity (Wildman–Crippen MR) is 75.2 cm³/mol. The van der Waals surface area contributed by atoms with E-state index in [2.05, 4.69) is 5.32 Å². The molecule has 1 fully saturated rings. The maximum atomic E-state index is 14.0. The van der Waals surface area contributed by atoms with Crippen molar-refractivity contribution in [3.8, 4) is 0 Å². The highest BCUT2D eigenvalue weighted by Gasteiger charge is 2.40. The highest BCUT2D eigenvalue weighted by Crippen LogP contribution is 2.29. The minimum absolute atomic E-state index is 0.0580. The van der Waals surface area contributed by atoms with E-state index in [1.54, 1.807) is 13.8 Å². The summed E-state index contributed by atoms with van der Waals surface area (Å²) in [6.45, 7) is 3.57. The summed E-state index contributed by atoms with van der Waals surface area (Å²) in [6.07, 6.45) is 0.861. The van der Waals surface area contributed by atoms with Gasteiger partial charge in [-0.15, -0.1) is 0 Å². The van der Waals surface area contributed by atoms with Gasteiger partial charge in [-0.05, 0) is 31.0 Å². The van der Waals surface area contributed by atoms with Crippen molar-refractivity contribution in [1.29, 1.82) is 0 Å². The molecule has 20 heavy (non-hydrogen) atoms. The van der Waals surface area contributed by atoms with Crippen LogP contribution in [0.5, 0.6) is 0 Å². The molecule has 1 saturated heterocycles. The largest absolute Gasteiger partial charge is 0.342 e. The number of amides is 2. The average molecular weight is 299 g/mol. The number of carbonyl (C=O) groups is 2. The number of hydrogen-bond acceptors (Lipinski definition) is 2. The Kier molecular flexibility index (Phi) is 4.28. The van der Waals surface area contributed by atoms with Crippen molar-refractivity contribution in [1.82, 2.24) is 5.32 Å². The topological polar surface area (TPSA) is 49.4 Å². The normalized spacial score (nSPS) is 22.9. The van der Waals surface area contributed by atoms with E-state index in [1.165, 1.54) is 23.1 Å². The summed E-state index contributed by atoms with van der Waals surface area (Å²) < 4.78 is 14.0. The molecule has 2 rings (SSSR count). The second-order valence-corrected chi connectivity index (χ2v) is 5.13. The molecule has 1 aromatic rings. The molecule has 6 heteroatoms. The Balaban J connectivity index is 2.50. The molecule has 0 radical (unpaired) electrons. The van der Waals surface area contributed by atoms with Crippen molar-refractivity contribution < 1.29 is 14.0 Å². The summed E-state index contributed by atoms with van der Waals surface area (Å²) in [7, 11) is 0. The lowest BCUT2D eigenvalue weighted by Gasteiger charge is -2.38. The number of rotatable bonds is 3. The zero-order valence-corrected chi connectivity index (χ0v) is 12.1. The fraction of sp³-hybridized carbons (Fsp3) is 0.429. The van der Waals surface area contributed by atoms with Crippen LogP contribution in [0.15, 0.2) is 18.2 Å². The van der Waals surface area contributed by atoms with E-state index in [0.717, 1.165) is 0 Å². The van der Waals surface area contributed by atoms with Crippen LogP contribution in [-0.2, 0) is 9.59 Å². The Hall–Kier alpha value is -1.62. The van der Waals surface area contributed by atoms with Gasteiger partial charge < -0.3 is 5.32 Å². The molecule has 2 unspecified atom stereocenters. The van der Waals surface area contributed by atoms with Crippen molar-refractivity contribution >= 4 is 29.1 Å². The lowest BCUT2D eigenvalue weighted by atomic mass is 10.0. The first-order valence-electron chi connectivity index (χ1n) is 6.58. The van der Waals surface area contributed by atoms with Gasteiger partial charge in [0.1, 0.15) is 17.9 Å². The minimum atomic E-state index is -0.710. The van der Waals surface area contributed by atoms with Crippen molar-refractivity contribution in [3.63, 3.8) is 0 Å². The van der Waals surface area contributed by atoms with Gasteiger partial charge in [0.05, 0.1) is 5.69 Å². The Morgan fingerprint density at radius 1 is 1.30 bits per heavy atom. The quantitative estimate of drug-likeness (QED) is 0.932. The number of nitrogens with one attached hydrogen (secondary N) is 1. The van der Waals surface area contributed by atoms with E-state index < -0.39 is 17.9 Å². The van der Waals surface area contributed by atoms with E-state index in [1.807, 2.05) is 0 Å². The van der Waals surface area contributed by atoms with Crippen molar-refractivity contribution in [2.45, 2.75) is 38.8 Å². The van der Waals surface area contributed by atoms with Crippen LogP contribution in [0.1, 0.15) is 26.7 Å². The van der Waals surface area contributed by atoms with Crippen LogP contribution in [-0.4, -0.2) is 23.9 Å². The molecule has 1 N–H and O–H groups in total. The summed E-state index contributed by atoms with van der Waals surface area (Å²) in [4.78, 5) is 25.7. The smallest absolute Gasteiger partial charge is 0.250 e. The van der Waals surface area contributed by atoms with E-state index in [0.29, 0.717) is 17.9 Å². The number of nitrogens with zero attached hydrogens (tertiary/aromatic N) is 1. The zero-order valence-electron chi connectivity index (χ0n) is 11.3. The number of anilines is 1. The summed E-state index contributed by atoms with van der Waals surface area (Å²) in [5.41, 5.74) is 0.0580. The van der Waals surface area contributed by atoms with Gasteiger partial charge in [-0.3, -0.25) is 14.5 Å². The fourth-order valence-corrected chi connectivity index (χ4v) is 2.54. The van der Waals surface area contributed by atoms with E-state index in [-0.39, 0.29) is 17.5 Å². The Morgan fingerprint density at radius 3 is 2.60 bits per heavy atom. The number of piperazine rings is 1. The molecular formula is C14H16ClFN2O2.